The zero-order chi connectivity index (χ0) is 16.2. The van der Waals surface area contributed by atoms with Crippen molar-refractivity contribution in [3.8, 4) is 0 Å². The number of carboxylic acids is 2. The number of carbonyl (C=O) groups is 2. The van der Waals surface area contributed by atoms with Crippen LogP contribution in [0.5, 0.6) is 0 Å². The van der Waals surface area contributed by atoms with Crippen LogP contribution in [-0.2, 0) is 18.7 Å². The summed E-state index contributed by atoms with van der Waals surface area (Å²) in [6.07, 6.45) is 0. The predicted molar refractivity (Wildman–Crippen MR) is 59.9 cm³/mol. The molecular weight excluding hydrogens is 310 g/mol. The molecule has 0 radical (unpaired) electrons. The summed E-state index contributed by atoms with van der Waals surface area (Å²) in [6.45, 7) is 0.760. The molecule has 0 saturated carbocycles. The largest absolute Gasteiger partial charge is 0.480 e. The summed E-state index contributed by atoms with van der Waals surface area (Å²) < 4.78 is 20.2. The van der Waals surface area contributed by atoms with Crippen molar-refractivity contribution >= 4 is 27.1 Å². The zero-order valence-corrected chi connectivity index (χ0v) is 11.2. The first kappa shape index (κ1) is 20.5. The van der Waals surface area contributed by atoms with Gasteiger partial charge >= 0.3 is 27.1 Å². The van der Waals surface area contributed by atoms with E-state index in [1.807, 2.05) is 0 Å². The predicted octanol–water partition coefficient (Wildman–Crippen LogP) is -2.54. The molecule has 0 spiro atoms. The van der Waals surface area contributed by atoms with Gasteiger partial charge < -0.3 is 41.3 Å². The molecule has 0 aliphatic carbocycles. The molecule has 0 bridgehead atoms. The highest BCUT2D eigenvalue weighted by atomic mass is 31.2. The van der Waals surface area contributed by atoms with Crippen molar-refractivity contribution in [2.24, 2.45) is 11.5 Å². The lowest BCUT2D eigenvalue weighted by molar-refractivity contribution is -0.140. The van der Waals surface area contributed by atoms with Gasteiger partial charge in [0.25, 0.3) is 0 Å². The Balaban J connectivity index is 0. The average Bonchev–Trinajstić information content (AvgIpc) is 2.13. The van der Waals surface area contributed by atoms with Crippen molar-refractivity contribution in [1.29, 1.82) is 0 Å². The standard InChI is InChI=1S/C3H8NO5P.C2H6NO5P/c1-3(4,2(5)6)10(7,8)9;3-1(2(4)5)9(6,7)8/h4H2,1H3,(H,5,6)(H2,7,8,9);1H,3H2,(H,4,5)(H2,6,7,8). The lowest BCUT2D eigenvalue weighted by Crippen LogP contribution is -2.44. The second-order valence-electron chi connectivity index (χ2n) is 3.37. The number of hydrogen-bond donors (Lipinski definition) is 8. The fraction of sp³-hybridized carbons (Fsp3) is 0.600. The van der Waals surface area contributed by atoms with Crippen LogP contribution >= 0.6 is 15.2 Å². The minimum atomic E-state index is -4.75. The van der Waals surface area contributed by atoms with Crippen molar-refractivity contribution in [2.45, 2.75) is 18.0 Å². The second kappa shape index (κ2) is 6.55. The van der Waals surface area contributed by atoms with Crippen LogP contribution in [0.15, 0.2) is 0 Å². The van der Waals surface area contributed by atoms with E-state index in [9.17, 15) is 18.7 Å². The minimum Gasteiger partial charge on any atom is -0.480 e. The Morgan fingerprint density at radius 1 is 1.11 bits per heavy atom. The Labute approximate surface area is 106 Å². The Kier molecular flexibility index (Phi) is 7.06. The summed E-state index contributed by atoms with van der Waals surface area (Å²) in [5.41, 5.74) is 9.30. The fourth-order valence-corrected chi connectivity index (χ4v) is 0.805. The Bertz CT molecular complexity index is 435. The molecule has 0 aliphatic rings. The first-order chi connectivity index (χ1) is 8.05. The van der Waals surface area contributed by atoms with Gasteiger partial charge in [0.05, 0.1) is 0 Å². The molecule has 0 aromatic rings. The van der Waals surface area contributed by atoms with Crippen LogP contribution < -0.4 is 11.5 Å². The molecule has 2 unspecified atom stereocenters. The third-order valence-electron chi connectivity index (χ3n) is 1.65. The minimum absolute atomic E-state index is 0.760. The molecule has 0 heterocycles. The van der Waals surface area contributed by atoms with E-state index in [-0.39, 0.29) is 0 Å². The van der Waals surface area contributed by atoms with Crippen molar-refractivity contribution < 1.29 is 48.5 Å². The normalized spacial score (nSPS) is 16.6. The Morgan fingerprint density at radius 2 is 1.42 bits per heavy atom. The van der Waals surface area contributed by atoms with E-state index in [1.165, 1.54) is 0 Å². The van der Waals surface area contributed by atoms with Crippen LogP contribution in [-0.4, -0.2) is 52.8 Å². The number of aliphatic carboxylic acids is 2. The highest BCUT2D eigenvalue weighted by Gasteiger charge is 2.45. The summed E-state index contributed by atoms with van der Waals surface area (Å²) >= 11 is 0. The molecule has 12 nitrogen and oxygen atoms in total. The summed E-state index contributed by atoms with van der Waals surface area (Å²) in [7, 11) is -9.38. The van der Waals surface area contributed by atoms with Crippen LogP contribution in [0.3, 0.4) is 0 Å². The van der Waals surface area contributed by atoms with Crippen LogP contribution in [0.4, 0.5) is 0 Å². The van der Waals surface area contributed by atoms with Gasteiger partial charge in [-0.2, -0.15) is 0 Å². The maximum atomic E-state index is 10.3. The Hall–Kier alpha value is -0.840. The second-order valence-corrected chi connectivity index (χ2v) is 7.12. The lowest BCUT2D eigenvalue weighted by Gasteiger charge is -2.19. The first-order valence-electron chi connectivity index (χ1n) is 4.16. The van der Waals surface area contributed by atoms with Gasteiger partial charge in [-0.25, -0.2) is 9.59 Å². The van der Waals surface area contributed by atoms with Gasteiger partial charge in [0.1, 0.15) is 0 Å². The molecule has 0 amide bonds. The molecule has 0 aromatic heterocycles. The van der Waals surface area contributed by atoms with Crippen LogP contribution in [0.25, 0.3) is 0 Å². The van der Waals surface area contributed by atoms with E-state index < -0.39 is 38.2 Å². The van der Waals surface area contributed by atoms with Gasteiger partial charge in [0, 0.05) is 0 Å². The summed E-state index contributed by atoms with van der Waals surface area (Å²) in [5, 5.41) is 13.6. The molecular formula is C5H14N2O10P2. The zero-order valence-electron chi connectivity index (χ0n) is 9.44. The van der Waals surface area contributed by atoms with E-state index in [0.717, 1.165) is 6.92 Å². The highest BCUT2D eigenvalue weighted by Crippen LogP contribution is 2.46. The van der Waals surface area contributed by atoms with E-state index >= 15 is 0 Å². The molecule has 0 aromatic carbocycles. The molecule has 2 atom stereocenters. The van der Waals surface area contributed by atoms with Gasteiger partial charge in [-0.15, -0.1) is 0 Å². The third-order valence-corrected chi connectivity index (χ3v) is 4.00. The SMILES string of the molecule is CC(N)(C(=O)O)P(=O)(O)O.NC(C(=O)O)P(=O)(O)O. The number of hydrogen-bond acceptors (Lipinski definition) is 6. The van der Waals surface area contributed by atoms with Crippen molar-refractivity contribution in [3.63, 3.8) is 0 Å². The van der Waals surface area contributed by atoms with E-state index in [4.69, 9.17) is 35.5 Å². The van der Waals surface area contributed by atoms with E-state index in [2.05, 4.69) is 5.73 Å². The van der Waals surface area contributed by atoms with Crippen molar-refractivity contribution in [1.82, 2.24) is 0 Å². The third kappa shape index (κ3) is 6.76. The van der Waals surface area contributed by atoms with Gasteiger partial charge in [-0.3, -0.25) is 9.13 Å². The van der Waals surface area contributed by atoms with Gasteiger partial charge in [0.2, 0.25) is 11.1 Å². The lowest BCUT2D eigenvalue weighted by atomic mass is 10.4. The van der Waals surface area contributed by atoms with E-state index in [0.29, 0.717) is 0 Å². The topological polar surface area (TPSA) is 242 Å². The molecule has 10 N–H and O–H groups in total. The summed E-state index contributed by atoms with van der Waals surface area (Å²) in [6, 6.07) is 0. The number of nitrogens with two attached hydrogens (primary N) is 2. The molecule has 19 heavy (non-hydrogen) atoms. The van der Waals surface area contributed by atoms with Crippen LogP contribution in [0.2, 0.25) is 0 Å². The number of rotatable bonds is 4. The van der Waals surface area contributed by atoms with Crippen LogP contribution in [0.1, 0.15) is 6.92 Å². The van der Waals surface area contributed by atoms with Crippen molar-refractivity contribution in [3.05, 3.63) is 0 Å². The molecule has 114 valence electrons. The summed E-state index contributed by atoms with van der Waals surface area (Å²) in [5.74, 6) is -5.53. The molecule has 0 aliphatic heterocycles. The highest BCUT2D eigenvalue weighted by molar-refractivity contribution is 7.54. The maximum Gasteiger partial charge on any atom is 0.356 e. The van der Waals surface area contributed by atoms with E-state index in [1.54, 1.807) is 0 Å². The van der Waals surface area contributed by atoms with Crippen molar-refractivity contribution in [2.75, 3.05) is 0 Å². The van der Waals surface area contributed by atoms with Crippen LogP contribution in [0, 0.1) is 0 Å². The Morgan fingerprint density at radius 3 is 1.42 bits per heavy atom. The molecule has 0 saturated heterocycles. The van der Waals surface area contributed by atoms with Gasteiger partial charge in [-0.05, 0) is 6.92 Å². The molecule has 14 heteroatoms. The molecule has 0 rings (SSSR count). The fourth-order valence-electron chi connectivity index (χ4n) is 0.268. The maximum absolute atomic E-state index is 10.3. The average molecular weight is 324 g/mol. The van der Waals surface area contributed by atoms with Gasteiger partial charge in [0.15, 0.2) is 0 Å². The first-order valence-corrected chi connectivity index (χ1v) is 7.46. The summed E-state index contributed by atoms with van der Waals surface area (Å²) in [4.78, 5) is 52.5. The monoisotopic (exact) mass is 324 g/mol. The smallest absolute Gasteiger partial charge is 0.356 e. The van der Waals surface area contributed by atoms with Gasteiger partial charge in [-0.1, -0.05) is 0 Å². The quantitative estimate of drug-likeness (QED) is 0.249. The molecule has 0 fully saturated rings. The number of carboxylic acid groups (broad SMARTS) is 2.